The Hall–Kier alpha value is -1.36. The largest absolute Gasteiger partial charge is 0.497 e. The van der Waals surface area contributed by atoms with Crippen molar-refractivity contribution in [3.05, 3.63) is 29.8 Å². The van der Waals surface area contributed by atoms with Crippen molar-refractivity contribution in [1.29, 1.82) is 0 Å². The molecule has 0 spiro atoms. The van der Waals surface area contributed by atoms with Gasteiger partial charge in [0, 0.05) is 21.8 Å². The SMILES string of the molecule is COc1ccc(CS(=O)C(C)CC(=O)O)cc1. The Morgan fingerprint density at radius 3 is 2.47 bits per heavy atom. The Balaban J connectivity index is 2.58. The van der Waals surface area contributed by atoms with Gasteiger partial charge in [-0.15, -0.1) is 0 Å². The molecule has 4 nitrogen and oxygen atoms in total. The summed E-state index contributed by atoms with van der Waals surface area (Å²) in [5.41, 5.74) is 0.918. The van der Waals surface area contributed by atoms with Gasteiger partial charge < -0.3 is 9.84 Å². The lowest BCUT2D eigenvalue weighted by Gasteiger charge is -2.09. The predicted molar refractivity (Wildman–Crippen MR) is 66.6 cm³/mol. The number of methoxy groups -OCH3 is 1. The Bertz CT molecular complexity index is 399. The summed E-state index contributed by atoms with van der Waals surface area (Å²) in [6.45, 7) is 1.69. The van der Waals surface area contributed by atoms with Gasteiger partial charge in [0.1, 0.15) is 5.75 Å². The third-order valence-electron chi connectivity index (χ3n) is 2.38. The molecule has 0 fully saturated rings. The lowest BCUT2D eigenvalue weighted by Crippen LogP contribution is -2.17. The third kappa shape index (κ3) is 4.56. The van der Waals surface area contributed by atoms with E-state index in [0.29, 0.717) is 5.75 Å². The van der Waals surface area contributed by atoms with Crippen molar-refractivity contribution in [3.63, 3.8) is 0 Å². The van der Waals surface area contributed by atoms with Crippen molar-refractivity contribution < 1.29 is 18.8 Å². The molecule has 0 amide bonds. The van der Waals surface area contributed by atoms with Gasteiger partial charge in [0.25, 0.3) is 0 Å². The summed E-state index contributed by atoms with van der Waals surface area (Å²) in [5.74, 6) is 0.206. The van der Waals surface area contributed by atoms with Crippen molar-refractivity contribution in [2.24, 2.45) is 0 Å². The van der Waals surface area contributed by atoms with E-state index >= 15 is 0 Å². The highest BCUT2D eigenvalue weighted by Gasteiger charge is 2.15. The number of carbonyl (C=O) groups is 1. The first-order valence-corrected chi connectivity index (χ1v) is 6.63. The van der Waals surface area contributed by atoms with E-state index in [9.17, 15) is 9.00 Å². The topological polar surface area (TPSA) is 63.6 Å². The van der Waals surface area contributed by atoms with Gasteiger partial charge in [-0.2, -0.15) is 0 Å². The van der Waals surface area contributed by atoms with E-state index in [4.69, 9.17) is 9.84 Å². The second kappa shape index (κ2) is 6.39. The van der Waals surface area contributed by atoms with Gasteiger partial charge in [-0.3, -0.25) is 9.00 Å². The van der Waals surface area contributed by atoms with Gasteiger partial charge in [-0.25, -0.2) is 0 Å². The molecule has 0 aromatic heterocycles. The number of ether oxygens (including phenoxy) is 1. The van der Waals surface area contributed by atoms with E-state index < -0.39 is 16.8 Å². The molecule has 0 saturated carbocycles. The van der Waals surface area contributed by atoms with Crippen LogP contribution in [0.15, 0.2) is 24.3 Å². The zero-order valence-electron chi connectivity index (χ0n) is 9.88. The van der Waals surface area contributed by atoms with Crippen LogP contribution in [0.1, 0.15) is 18.9 Å². The molecule has 2 atom stereocenters. The standard InChI is InChI=1S/C12H16O4S/c1-9(7-12(13)14)17(15)8-10-3-5-11(16-2)6-4-10/h3-6,9H,7-8H2,1-2H3,(H,13,14). The molecule has 5 heteroatoms. The van der Waals surface area contributed by atoms with Crippen LogP contribution in [0.5, 0.6) is 5.75 Å². The van der Waals surface area contributed by atoms with Crippen molar-refractivity contribution in [3.8, 4) is 5.75 Å². The van der Waals surface area contributed by atoms with Crippen LogP contribution in [0.3, 0.4) is 0 Å². The quantitative estimate of drug-likeness (QED) is 0.843. The molecular formula is C12H16O4S. The van der Waals surface area contributed by atoms with Crippen LogP contribution in [-0.4, -0.2) is 27.6 Å². The Morgan fingerprint density at radius 1 is 1.41 bits per heavy atom. The summed E-state index contributed by atoms with van der Waals surface area (Å²) >= 11 is 0. The van der Waals surface area contributed by atoms with Crippen LogP contribution in [0.25, 0.3) is 0 Å². The average molecular weight is 256 g/mol. The molecule has 1 rings (SSSR count). The highest BCUT2D eigenvalue weighted by Crippen LogP contribution is 2.14. The maximum atomic E-state index is 11.8. The second-order valence-electron chi connectivity index (χ2n) is 3.78. The summed E-state index contributed by atoms with van der Waals surface area (Å²) < 4.78 is 16.8. The van der Waals surface area contributed by atoms with Crippen LogP contribution in [0, 0.1) is 0 Å². The van der Waals surface area contributed by atoms with Gasteiger partial charge in [-0.1, -0.05) is 19.1 Å². The molecule has 0 radical (unpaired) electrons. The van der Waals surface area contributed by atoms with Crippen LogP contribution >= 0.6 is 0 Å². The molecule has 17 heavy (non-hydrogen) atoms. The zero-order valence-corrected chi connectivity index (χ0v) is 10.7. The molecule has 1 aromatic carbocycles. The van der Waals surface area contributed by atoms with E-state index in [1.165, 1.54) is 0 Å². The Labute approximate surface area is 103 Å². The minimum Gasteiger partial charge on any atom is -0.497 e. The summed E-state index contributed by atoms with van der Waals surface area (Å²) in [6.07, 6.45) is -0.0667. The second-order valence-corrected chi connectivity index (χ2v) is 5.64. The molecule has 0 saturated heterocycles. The first-order chi connectivity index (χ1) is 8.02. The van der Waals surface area contributed by atoms with E-state index in [2.05, 4.69) is 0 Å². The fourth-order valence-electron chi connectivity index (χ4n) is 1.37. The molecule has 94 valence electrons. The van der Waals surface area contributed by atoms with Crippen LogP contribution in [0.2, 0.25) is 0 Å². The third-order valence-corrected chi connectivity index (χ3v) is 4.06. The van der Waals surface area contributed by atoms with Crippen LogP contribution < -0.4 is 4.74 Å². The number of carboxylic acids is 1. The molecule has 0 aliphatic carbocycles. The lowest BCUT2D eigenvalue weighted by molar-refractivity contribution is -0.136. The Kier molecular flexibility index (Phi) is 5.15. The molecular weight excluding hydrogens is 240 g/mol. The Morgan fingerprint density at radius 2 is 2.00 bits per heavy atom. The lowest BCUT2D eigenvalue weighted by atomic mass is 10.2. The predicted octanol–water partition coefficient (Wildman–Crippen LogP) is 1.81. The maximum absolute atomic E-state index is 11.8. The first kappa shape index (κ1) is 13.7. The summed E-state index contributed by atoms with van der Waals surface area (Å²) in [6, 6.07) is 7.28. The van der Waals surface area contributed by atoms with E-state index in [1.54, 1.807) is 26.2 Å². The van der Waals surface area contributed by atoms with Gasteiger partial charge >= 0.3 is 5.97 Å². The van der Waals surface area contributed by atoms with Crippen molar-refractivity contribution in [2.45, 2.75) is 24.3 Å². The molecule has 0 aliphatic heterocycles. The van der Waals surface area contributed by atoms with E-state index in [0.717, 1.165) is 11.3 Å². The normalized spacial score (nSPS) is 14.0. The maximum Gasteiger partial charge on any atom is 0.304 e. The van der Waals surface area contributed by atoms with Crippen molar-refractivity contribution in [2.75, 3.05) is 7.11 Å². The summed E-state index contributed by atoms with van der Waals surface area (Å²) in [4.78, 5) is 10.5. The minimum absolute atomic E-state index is 0.0667. The average Bonchev–Trinajstić information content (AvgIpc) is 2.29. The summed E-state index contributed by atoms with van der Waals surface area (Å²) in [7, 11) is 0.419. The molecule has 2 unspecified atom stereocenters. The van der Waals surface area contributed by atoms with Gasteiger partial charge in [0.05, 0.1) is 13.5 Å². The highest BCUT2D eigenvalue weighted by atomic mass is 32.2. The highest BCUT2D eigenvalue weighted by molar-refractivity contribution is 7.84. The molecule has 1 aromatic rings. The van der Waals surface area contributed by atoms with Crippen molar-refractivity contribution in [1.82, 2.24) is 0 Å². The van der Waals surface area contributed by atoms with Crippen LogP contribution in [-0.2, 0) is 21.3 Å². The fraction of sp³-hybridized carbons (Fsp3) is 0.417. The minimum atomic E-state index is -1.17. The molecule has 0 bridgehead atoms. The molecule has 0 heterocycles. The number of rotatable bonds is 6. The number of hydrogen-bond acceptors (Lipinski definition) is 3. The van der Waals surface area contributed by atoms with Crippen LogP contribution in [0.4, 0.5) is 0 Å². The van der Waals surface area contributed by atoms with E-state index in [-0.39, 0.29) is 11.7 Å². The van der Waals surface area contributed by atoms with Gasteiger partial charge in [0.15, 0.2) is 0 Å². The van der Waals surface area contributed by atoms with Gasteiger partial charge in [-0.05, 0) is 17.7 Å². The molecule has 0 aliphatic rings. The monoisotopic (exact) mass is 256 g/mol. The molecule has 1 N–H and O–H groups in total. The zero-order chi connectivity index (χ0) is 12.8. The number of aliphatic carboxylic acids is 1. The number of hydrogen-bond donors (Lipinski definition) is 1. The van der Waals surface area contributed by atoms with E-state index in [1.807, 2.05) is 12.1 Å². The fourth-order valence-corrected chi connectivity index (χ4v) is 2.50. The number of benzene rings is 1. The first-order valence-electron chi connectivity index (χ1n) is 5.25. The van der Waals surface area contributed by atoms with Gasteiger partial charge in [0.2, 0.25) is 0 Å². The van der Waals surface area contributed by atoms with Crippen molar-refractivity contribution >= 4 is 16.8 Å². The smallest absolute Gasteiger partial charge is 0.304 e. The number of carboxylic acid groups (broad SMARTS) is 1. The summed E-state index contributed by atoms with van der Waals surface area (Å²) in [5, 5.41) is 8.28.